The van der Waals surface area contributed by atoms with Crippen LogP contribution < -0.4 is 5.73 Å². The number of ether oxygens (including phenoxy) is 1. The SMILES string of the molecule is COC(C)C#CC(N)=O. The van der Waals surface area contributed by atoms with Gasteiger partial charge in [-0.2, -0.15) is 0 Å². The Morgan fingerprint density at radius 2 is 2.33 bits per heavy atom. The highest BCUT2D eigenvalue weighted by Crippen LogP contribution is 1.80. The molecule has 0 saturated carbocycles. The lowest BCUT2D eigenvalue weighted by Crippen LogP contribution is -2.08. The van der Waals surface area contributed by atoms with E-state index in [0.29, 0.717) is 0 Å². The van der Waals surface area contributed by atoms with Crippen LogP contribution in [0.5, 0.6) is 0 Å². The highest BCUT2D eigenvalue weighted by atomic mass is 16.5. The maximum absolute atomic E-state index is 10.0. The molecule has 0 saturated heterocycles. The van der Waals surface area contributed by atoms with Gasteiger partial charge < -0.3 is 10.5 Å². The smallest absolute Gasteiger partial charge is 0.293 e. The molecule has 0 aromatic rings. The second-order valence-electron chi connectivity index (χ2n) is 1.51. The van der Waals surface area contributed by atoms with Gasteiger partial charge in [0.15, 0.2) is 0 Å². The van der Waals surface area contributed by atoms with Gasteiger partial charge in [0.2, 0.25) is 0 Å². The summed E-state index contributed by atoms with van der Waals surface area (Å²) < 4.78 is 4.72. The van der Waals surface area contributed by atoms with E-state index in [1.54, 1.807) is 6.92 Å². The molecular weight excluding hydrogens is 118 g/mol. The van der Waals surface area contributed by atoms with Crippen LogP contribution in [0.1, 0.15) is 6.92 Å². The molecule has 0 fully saturated rings. The van der Waals surface area contributed by atoms with Crippen molar-refractivity contribution in [1.82, 2.24) is 0 Å². The number of carbonyl (C=O) groups is 1. The standard InChI is InChI=1S/C6H9NO2/c1-5(9-2)3-4-6(7)8/h5H,1-2H3,(H2,7,8). The largest absolute Gasteiger partial charge is 0.369 e. The van der Waals surface area contributed by atoms with Crippen molar-refractivity contribution in [2.75, 3.05) is 7.11 Å². The summed E-state index contributed by atoms with van der Waals surface area (Å²) in [5.41, 5.74) is 4.73. The van der Waals surface area contributed by atoms with Crippen molar-refractivity contribution in [3.8, 4) is 11.8 Å². The Bertz CT molecular complexity index is 154. The van der Waals surface area contributed by atoms with E-state index in [9.17, 15) is 4.79 Å². The quantitative estimate of drug-likeness (QED) is 0.483. The van der Waals surface area contributed by atoms with Gasteiger partial charge in [-0.3, -0.25) is 4.79 Å². The van der Waals surface area contributed by atoms with Crippen molar-refractivity contribution < 1.29 is 9.53 Å². The van der Waals surface area contributed by atoms with E-state index in [1.807, 2.05) is 0 Å². The summed E-state index contributed by atoms with van der Waals surface area (Å²) in [4.78, 5) is 10.0. The van der Waals surface area contributed by atoms with Crippen LogP contribution in [0.25, 0.3) is 0 Å². The van der Waals surface area contributed by atoms with E-state index in [4.69, 9.17) is 10.5 Å². The first-order chi connectivity index (χ1) is 4.16. The van der Waals surface area contributed by atoms with Gasteiger partial charge in [-0.15, -0.1) is 0 Å². The molecule has 1 atom stereocenters. The van der Waals surface area contributed by atoms with E-state index in [2.05, 4.69) is 11.8 Å². The van der Waals surface area contributed by atoms with Gasteiger partial charge >= 0.3 is 0 Å². The van der Waals surface area contributed by atoms with Crippen molar-refractivity contribution >= 4 is 5.91 Å². The molecule has 3 heteroatoms. The summed E-state index contributed by atoms with van der Waals surface area (Å²) in [7, 11) is 1.51. The van der Waals surface area contributed by atoms with E-state index >= 15 is 0 Å². The fraction of sp³-hybridized carbons (Fsp3) is 0.500. The Morgan fingerprint density at radius 3 is 2.67 bits per heavy atom. The highest BCUT2D eigenvalue weighted by molar-refractivity contribution is 5.91. The van der Waals surface area contributed by atoms with Crippen molar-refractivity contribution in [3.63, 3.8) is 0 Å². The zero-order valence-corrected chi connectivity index (χ0v) is 5.47. The molecule has 9 heavy (non-hydrogen) atoms. The number of carbonyl (C=O) groups excluding carboxylic acids is 1. The Kier molecular flexibility index (Phi) is 3.49. The van der Waals surface area contributed by atoms with Crippen molar-refractivity contribution in [2.24, 2.45) is 5.73 Å². The summed E-state index contributed by atoms with van der Waals surface area (Å²) in [6.45, 7) is 1.73. The van der Waals surface area contributed by atoms with Gasteiger partial charge in [-0.05, 0) is 12.8 Å². The molecule has 1 unspecified atom stereocenters. The van der Waals surface area contributed by atoms with E-state index < -0.39 is 5.91 Å². The van der Waals surface area contributed by atoms with E-state index in [0.717, 1.165) is 0 Å². The Hall–Kier alpha value is -1.01. The average Bonchev–Trinajstić information content (AvgIpc) is 1.83. The molecule has 3 nitrogen and oxygen atoms in total. The number of amides is 1. The van der Waals surface area contributed by atoms with Crippen LogP contribution in [0.15, 0.2) is 0 Å². The molecule has 0 bridgehead atoms. The Balaban J connectivity index is 3.72. The van der Waals surface area contributed by atoms with Gasteiger partial charge in [-0.25, -0.2) is 0 Å². The summed E-state index contributed by atoms with van der Waals surface area (Å²) in [5, 5.41) is 0. The zero-order valence-electron chi connectivity index (χ0n) is 5.47. The van der Waals surface area contributed by atoms with Crippen molar-refractivity contribution in [2.45, 2.75) is 13.0 Å². The first-order valence-corrected chi connectivity index (χ1v) is 2.50. The monoisotopic (exact) mass is 127 g/mol. The minimum atomic E-state index is -0.626. The number of methoxy groups -OCH3 is 1. The lowest BCUT2D eigenvalue weighted by molar-refractivity contribution is -0.112. The second kappa shape index (κ2) is 3.93. The molecule has 0 aromatic carbocycles. The molecule has 0 aliphatic rings. The summed E-state index contributed by atoms with van der Waals surface area (Å²) in [5.74, 6) is 4.02. The molecule has 50 valence electrons. The Labute approximate surface area is 54.2 Å². The van der Waals surface area contributed by atoms with Gasteiger partial charge in [0.05, 0.1) is 0 Å². The molecule has 0 radical (unpaired) electrons. The Morgan fingerprint density at radius 1 is 1.78 bits per heavy atom. The van der Waals surface area contributed by atoms with Crippen molar-refractivity contribution in [3.05, 3.63) is 0 Å². The normalized spacial score (nSPS) is 11.3. The zero-order chi connectivity index (χ0) is 7.28. The number of hydrogen-bond donors (Lipinski definition) is 1. The van der Waals surface area contributed by atoms with Crippen LogP contribution in [0.3, 0.4) is 0 Å². The maximum atomic E-state index is 10.0. The second-order valence-corrected chi connectivity index (χ2v) is 1.51. The van der Waals surface area contributed by atoms with Crippen LogP contribution in [-0.2, 0) is 9.53 Å². The van der Waals surface area contributed by atoms with Gasteiger partial charge in [-0.1, -0.05) is 5.92 Å². The fourth-order valence-electron chi connectivity index (χ4n) is 0.232. The number of rotatable bonds is 1. The molecule has 0 aliphatic heterocycles. The lowest BCUT2D eigenvalue weighted by atomic mass is 10.4. The van der Waals surface area contributed by atoms with Crippen LogP contribution in [0, 0.1) is 11.8 Å². The molecule has 0 aliphatic carbocycles. The number of hydrogen-bond acceptors (Lipinski definition) is 2. The average molecular weight is 127 g/mol. The topological polar surface area (TPSA) is 52.3 Å². The molecule has 0 heterocycles. The number of nitrogens with two attached hydrogens (primary N) is 1. The van der Waals surface area contributed by atoms with Crippen LogP contribution in [0.4, 0.5) is 0 Å². The van der Waals surface area contributed by atoms with E-state index in [-0.39, 0.29) is 6.10 Å². The molecule has 0 spiro atoms. The summed E-state index contributed by atoms with van der Waals surface area (Å²) in [6, 6.07) is 0. The lowest BCUT2D eigenvalue weighted by Gasteiger charge is -1.95. The molecular formula is C6H9NO2. The maximum Gasteiger partial charge on any atom is 0.293 e. The van der Waals surface area contributed by atoms with Crippen LogP contribution in [0.2, 0.25) is 0 Å². The summed E-state index contributed by atoms with van der Waals surface area (Å²) in [6.07, 6.45) is -0.225. The fourth-order valence-corrected chi connectivity index (χ4v) is 0.232. The van der Waals surface area contributed by atoms with Gasteiger partial charge in [0, 0.05) is 7.11 Å². The minimum absolute atomic E-state index is 0.225. The van der Waals surface area contributed by atoms with Crippen LogP contribution in [-0.4, -0.2) is 19.1 Å². The van der Waals surface area contributed by atoms with Gasteiger partial charge in [0.1, 0.15) is 6.10 Å². The summed E-state index contributed by atoms with van der Waals surface area (Å²) >= 11 is 0. The molecule has 0 aromatic heterocycles. The molecule has 1 amide bonds. The molecule has 0 rings (SSSR count). The molecule has 2 N–H and O–H groups in total. The third-order valence-electron chi connectivity index (χ3n) is 0.752. The third-order valence-corrected chi connectivity index (χ3v) is 0.752. The van der Waals surface area contributed by atoms with Gasteiger partial charge in [0.25, 0.3) is 5.91 Å². The third kappa shape index (κ3) is 4.85. The van der Waals surface area contributed by atoms with Crippen LogP contribution >= 0.6 is 0 Å². The predicted octanol–water partition coefficient (Wildman–Crippen LogP) is -0.490. The first-order valence-electron chi connectivity index (χ1n) is 2.50. The first kappa shape index (κ1) is 7.99. The minimum Gasteiger partial charge on any atom is -0.369 e. The van der Waals surface area contributed by atoms with Crippen molar-refractivity contribution in [1.29, 1.82) is 0 Å². The predicted molar refractivity (Wildman–Crippen MR) is 33.4 cm³/mol. The highest BCUT2D eigenvalue weighted by Gasteiger charge is 1.89. The van der Waals surface area contributed by atoms with E-state index in [1.165, 1.54) is 7.11 Å². The number of primary amides is 1.